The Bertz CT molecular complexity index is 463. The third-order valence-electron chi connectivity index (χ3n) is 3.16. The molecular formula is C11H15N3O2S. The second kappa shape index (κ2) is 4.37. The molecule has 1 amide bonds. The van der Waals surface area contributed by atoms with Crippen molar-refractivity contribution < 1.29 is 10.0 Å². The van der Waals surface area contributed by atoms with Gasteiger partial charge in [0.2, 0.25) is 5.91 Å². The molecule has 92 valence electrons. The fourth-order valence-electron chi connectivity index (χ4n) is 1.74. The zero-order valence-corrected chi connectivity index (χ0v) is 10.4. The lowest BCUT2D eigenvalue weighted by molar-refractivity contribution is -0.124. The van der Waals surface area contributed by atoms with E-state index < -0.39 is 5.41 Å². The number of aryl methyl sites for hydroxylation is 1. The van der Waals surface area contributed by atoms with Gasteiger partial charge in [-0.2, -0.15) is 0 Å². The maximum Gasteiger partial charge on any atom is 0.234 e. The lowest BCUT2D eigenvalue weighted by Crippen LogP contribution is -2.40. The summed E-state index contributed by atoms with van der Waals surface area (Å²) in [5.74, 6) is -0.140. The van der Waals surface area contributed by atoms with E-state index in [1.165, 1.54) is 5.56 Å². The summed E-state index contributed by atoms with van der Waals surface area (Å²) in [6, 6.07) is 2.02. The highest BCUT2D eigenvalue weighted by Gasteiger charge is 2.54. The molecule has 1 fully saturated rings. The first-order valence-electron chi connectivity index (χ1n) is 5.39. The van der Waals surface area contributed by atoms with Crippen LogP contribution in [-0.4, -0.2) is 17.0 Å². The van der Waals surface area contributed by atoms with E-state index in [2.05, 4.69) is 10.5 Å². The quantitative estimate of drug-likeness (QED) is 0.326. The van der Waals surface area contributed by atoms with Crippen molar-refractivity contribution in [3.63, 3.8) is 0 Å². The van der Waals surface area contributed by atoms with Crippen LogP contribution in [-0.2, 0) is 11.3 Å². The number of hydrogen-bond donors (Lipinski definition) is 3. The highest BCUT2D eigenvalue weighted by molar-refractivity contribution is 7.10. The summed E-state index contributed by atoms with van der Waals surface area (Å²) < 4.78 is 0. The molecule has 0 aromatic carbocycles. The number of carbonyl (C=O) groups excluding carboxylic acids is 1. The summed E-state index contributed by atoms with van der Waals surface area (Å²) in [6.07, 6.45) is 1.30. The van der Waals surface area contributed by atoms with Crippen molar-refractivity contribution in [1.29, 1.82) is 0 Å². The van der Waals surface area contributed by atoms with Gasteiger partial charge in [0.05, 0.1) is 6.54 Å². The van der Waals surface area contributed by atoms with Gasteiger partial charge in [-0.1, -0.05) is 5.16 Å². The third kappa shape index (κ3) is 2.12. The van der Waals surface area contributed by atoms with Crippen molar-refractivity contribution in [2.75, 3.05) is 0 Å². The van der Waals surface area contributed by atoms with Gasteiger partial charge in [-0.25, -0.2) is 0 Å². The minimum Gasteiger partial charge on any atom is -0.409 e. The molecule has 1 aromatic rings. The average Bonchev–Trinajstić information content (AvgIpc) is 3.04. The molecule has 1 saturated carbocycles. The highest BCUT2D eigenvalue weighted by Crippen LogP contribution is 2.46. The topological polar surface area (TPSA) is 87.7 Å². The van der Waals surface area contributed by atoms with Gasteiger partial charge < -0.3 is 16.3 Å². The monoisotopic (exact) mass is 253 g/mol. The summed E-state index contributed by atoms with van der Waals surface area (Å²) in [6.45, 7) is 2.51. The van der Waals surface area contributed by atoms with E-state index in [1.807, 2.05) is 18.4 Å². The number of amides is 1. The first kappa shape index (κ1) is 11.9. The summed E-state index contributed by atoms with van der Waals surface area (Å²) in [7, 11) is 0. The lowest BCUT2D eigenvalue weighted by atomic mass is 10.1. The second-order valence-electron chi connectivity index (χ2n) is 4.28. The van der Waals surface area contributed by atoms with Gasteiger partial charge in [0, 0.05) is 4.88 Å². The molecule has 0 bridgehead atoms. The summed E-state index contributed by atoms with van der Waals surface area (Å²) >= 11 is 1.61. The molecule has 1 heterocycles. The van der Waals surface area contributed by atoms with E-state index in [9.17, 15) is 4.79 Å². The third-order valence-corrected chi connectivity index (χ3v) is 4.18. The Labute approximate surface area is 103 Å². The first-order chi connectivity index (χ1) is 8.10. The molecule has 4 N–H and O–H groups in total. The van der Waals surface area contributed by atoms with E-state index in [-0.39, 0.29) is 11.7 Å². The molecule has 0 radical (unpaired) electrons. The van der Waals surface area contributed by atoms with Crippen LogP contribution in [0.5, 0.6) is 0 Å². The maximum absolute atomic E-state index is 12.0. The van der Waals surface area contributed by atoms with Gasteiger partial charge in [0.25, 0.3) is 0 Å². The number of nitrogens with one attached hydrogen (secondary N) is 1. The Morgan fingerprint density at radius 1 is 1.71 bits per heavy atom. The van der Waals surface area contributed by atoms with Crippen LogP contribution in [0.1, 0.15) is 23.3 Å². The minimum absolute atomic E-state index is 0.0119. The summed E-state index contributed by atoms with van der Waals surface area (Å²) in [4.78, 5) is 13.1. The molecule has 5 nitrogen and oxygen atoms in total. The normalized spacial score (nSPS) is 17.8. The van der Waals surface area contributed by atoms with Crippen LogP contribution in [0.15, 0.2) is 16.6 Å². The van der Waals surface area contributed by atoms with Crippen molar-refractivity contribution in [3.8, 4) is 0 Å². The number of nitrogens with zero attached hydrogens (tertiary/aromatic N) is 1. The van der Waals surface area contributed by atoms with Crippen molar-refractivity contribution in [2.45, 2.75) is 26.3 Å². The number of thiophene rings is 1. The molecule has 0 atom stereocenters. The highest BCUT2D eigenvalue weighted by atomic mass is 32.1. The molecular weight excluding hydrogens is 238 g/mol. The van der Waals surface area contributed by atoms with Crippen LogP contribution < -0.4 is 11.1 Å². The molecule has 1 aliphatic rings. The number of oxime groups is 1. The van der Waals surface area contributed by atoms with Crippen molar-refractivity contribution in [2.24, 2.45) is 16.3 Å². The molecule has 0 saturated heterocycles. The first-order valence-corrected chi connectivity index (χ1v) is 6.27. The Balaban J connectivity index is 1.97. The van der Waals surface area contributed by atoms with E-state index in [0.717, 1.165) is 4.88 Å². The van der Waals surface area contributed by atoms with Gasteiger partial charge in [-0.3, -0.25) is 4.79 Å². The molecule has 17 heavy (non-hydrogen) atoms. The zero-order chi connectivity index (χ0) is 12.5. The smallest absolute Gasteiger partial charge is 0.234 e. The summed E-state index contributed by atoms with van der Waals surface area (Å²) in [5.41, 5.74) is 5.94. The van der Waals surface area contributed by atoms with Crippen molar-refractivity contribution >= 4 is 23.1 Å². The Morgan fingerprint density at radius 2 is 2.41 bits per heavy atom. The van der Waals surface area contributed by atoms with Gasteiger partial charge in [0.15, 0.2) is 5.84 Å². The van der Waals surface area contributed by atoms with Gasteiger partial charge in [-0.15, -0.1) is 11.3 Å². The molecule has 1 aromatic heterocycles. The number of carbonyl (C=O) groups is 1. The van der Waals surface area contributed by atoms with E-state index in [0.29, 0.717) is 19.4 Å². The number of hydrogen-bond acceptors (Lipinski definition) is 4. The minimum atomic E-state index is -0.764. The van der Waals surface area contributed by atoms with E-state index in [4.69, 9.17) is 10.9 Å². The predicted molar refractivity (Wildman–Crippen MR) is 66.0 cm³/mol. The fourth-order valence-corrected chi connectivity index (χ4v) is 2.58. The SMILES string of the molecule is Cc1ccsc1CNC(=O)C1(/C(N)=N/O)CC1. The maximum atomic E-state index is 12.0. The number of nitrogens with two attached hydrogens (primary N) is 1. The van der Waals surface area contributed by atoms with Crippen LogP contribution in [0.3, 0.4) is 0 Å². The Kier molecular flexibility index (Phi) is 3.06. The van der Waals surface area contributed by atoms with Crippen LogP contribution in [0, 0.1) is 12.3 Å². The van der Waals surface area contributed by atoms with Crippen LogP contribution in [0.25, 0.3) is 0 Å². The van der Waals surface area contributed by atoms with E-state index in [1.54, 1.807) is 11.3 Å². The van der Waals surface area contributed by atoms with Crippen molar-refractivity contribution in [3.05, 3.63) is 21.9 Å². The lowest BCUT2D eigenvalue weighted by Gasteiger charge is -2.13. The number of rotatable bonds is 4. The standard InChI is InChI=1S/C11H15N3O2S/c1-7-2-5-17-8(7)6-13-10(15)11(3-4-11)9(12)14-16/h2,5,16H,3-4,6H2,1H3,(H2,12,14)(H,13,15). The van der Waals surface area contributed by atoms with Crippen LogP contribution in [0.2, 0.25) is 0 Å². The fraction of sp³-hybridized carbons (Fsp3) is 0.455. The van der Waals surface area contributed by atoms with Gasteiger partial charge >= 0.3 is 0 Å². The molecule has 6 heteroatoms. The average molecular weight is 253 g/mol. The predicted octanol–water partition coefficient (Wildman–Crippen LogP) is 1.20. The van der Waals surface area contributed by atoms with Gasteiger partial charge in [0.1, 0.15) is 5.41 Å². The molecule has 0 unspecified atom stereocenters. The van der Waals surface area contributed by atoms with Crippen molar-refractivity contribution in [1.82, 2.24) is 5.32 Å². The Hall–Kier alpha value is -1.56. The zero-order valence-electron chi connectivity index (χ0n) is 9.56. The largest absolute Gasteiger partial charge is 0.409 e. The van der Waals surface area contributed by atoms with Gasteiger partial charge in [-0.05, 0) is 36.8 Å². The molecule has 2 rings (SSSR count). The van der Waals surface area contributed by atoms with Crippen LogP contribution in [0.4, 0.5) is 0 Å². The number of amidine groups is 1. The molecule has 0 spiro atoms. The summed E-state index contributed by atoms with van der Waals surface area (Å²) in [5, 5.41) is 16.4. The van der Waals surface area contributed by atoms with E-state index >= 15 is 0 Å². The molecule has 0 aliphatic heterocycles. The van der Waals surface area contributed by atoms with Crippen LogP contribution >= 0.6 is 11.3 Å². The second-order valence-corrected chi connectivity index (χ2v) is 5.28. The Morgan fingerprint density at radius 3 is 2.88 bits per heavy atom. The molecule has 1 aliphatic carbocycles.